The minimum Gasteiger partial charge on any atom is -0.504 e. The minimum atomic E-state index is -0.0885. The molecule has 4 heteroatoms. The van der Waals surface area contributed by atoms with E-state index < -0.39 is 0 Å². The Balaban J connectivity index is 2.05. The van der Waals surface area contributed by atoms with Gasteiger partial charge in [0.2, 0.25) is 5.75 Å². The number of aromatic hydroxyl groups is 1. The Morgan fingerprint density at radius 1 is 1.11 bits per heavy atom. The molecule has 0 atom stereocenters. The Bertz CT molecular complexity index is 467. The molecular weight excluding hydrogens is 242 g/mol. The van der Waals surface area contributed by atoms with Crippen LogP contribution in [0.5, 0.6) is 17.2 Å². The molecule has 0 amide bonds. The molecule has 1 aromatic carbocycles. The molecule has 3 N–H and O–H groups in total. The van der Waals surface area contributed by atoms with Crippen LogP contribution in [0.3, 0.4) is 0 Å². The van der Waals surface area contributed by atoms with Crippen molar-refractivity contribution in [3.8, 4) is 17.2 Å². The number of hydrogen-bond acceptors (Lipinski definition) is 4. The minimum absolute atomic E-state index is 0.0885. The fourth-order valence-corrected chi connectivity index (χ4v) is 3.28. The lowest BCUT2D eigenvalue weighted by molar-refractivity contribution is 0.289. The lowest BCUT2D eigenvalue weighted by atomic mass is 9.78. The van der Waals surface area contributed by atoms with Crippen molar-refractivity contribution in [2.24, 2.45) is 5.73 Å². The molecule has 1 aromatic rings. The van der Waals surface area contributed by atoms with Gasteiger partial charge in [-0.1, -0.05) is 18.9 Å². The van der Waals surface area contributed by atoms with E-state index in [-0.39, 0.29) is 11.2 Å². The van der Waals surface area contributed by atoms with E-state index in [4.69, 9.17) is 15.2 Å². The summed E-state index contributed by atoms with van der Waals surface area (Å²) in [7, 11) is 0. The summed E-state index contributed by atoms with van der Waals surface area (Å²) in [5, 5.41) is 10.6. The first-order valence-corrected chi connectivity index (χ1v) is 7.09. The standard InChI is InChI=1S/C15H21NO3/c16-10-15(6-1-2-7-15)11-4-5-12-14(13(11)17)19-9-3-8-18-12/h4-5,17H,1-3,6-10,16H2. The molecule has 0 bridgehead atoms. The van der Waals surface area contributed by atoms with Crippen molar-refractivity contribution in [1.82, 2.24) is 0 Å². The molecule has 2 aliphatic rings. The monoisotopic (exact) mass is 263 g/mol. The van der Waals surface area contributed by atoms with Gasteiger partial charge in [0.1, 0.15) is 0 Å². The van der Waals surface area contributed by atoms with Crippen molar-refractivity contribution < 1.29 is 14.6 Å². The Labute approximate surface area is 113 Å². The van der Waals surface area contributed by atoms with Crippen LogP contribution in [0.4, 0.5) is 0 Å². The summed E-state index contributed by atoms with van der Waals surface area (Å²) >= 11 is 0. The van der Waals surface area contributed by atoms with Crippen LogP contribution in [0, 0.1) is 0 Å². The lowest BCUT2D eigenvalue weighted by Gasteiger charge is -2.29. The van der Waals surface area contributed by atoms with Crippen LogP contribution >= 0.6 is 0 Å². The normalized spacial score (nSPS) is 21.1. The van der Waals surface area contributed by atoms with E-state index in [1.165, 1.54) is 12.8 Å². The summed E-state index contributed by atoms with van der Waals surface area (Å²) in [6.45, 7) is 1.79. The number of phenolic OH excluding ortho intramolecular Hbond substituents is 1. The Morgan fingerprint density at radius 3 is 2.58 bits per heavy atom. The zero-order chi connectivity index (χ0) is 13.3. The van der Waals surface area contributed by atoms with E-state index >= 15 is 0 Å². The summed E-state index contributed by atoms with van der Waals surface area (Å²) in [6, 6.07) is 3.87. The first-order chi connectivity index (χ1) is 9.27. The maximum Gasteiger partial charge on any atom is 0.203 e. The number of hydrogen-bond donors (Lipinski definition) is 2. The van der Waals surface area contributed by atoms with Crippen LogP contribution in [0.2, 0.25) is 0 Å². The van der Waals surface area contributed by atoms with Crippen molar-refractivity contribution in [1.29, 1.82) is 0 Å². The van der Waals surface area contributed by atoms with Gasteiger partial charge in [0.25, 0.3) is 0 Å². The van der Waals surface area contributed by atoms with E-state index in [1.54, 1.807) is 0 Å². The predicted molar refractivity (Wildman–Crippen MR) is 72.9 cm³/mol. The molecule has 19 heavy (non-hydrogen) atoms. The van der Waals surface area contributed by atoms with E-state index in [0.29, 0.717) is 31.3 Å². The summed E-state index contributed by atoms with van der Waals surface area (Å²) < 4.78 is 11.3. The molecule has 0 radical (unpaired) electrons. The number of phenols is 1. The largest absolute Gasteiger partial charge is 0.504 e. The van der Waals surface area contributed by atoms with Gasteiger partial charge in [0, 0.05) is 23.9 Å². The molecular formula is C15H21NO3. The number of benzene rings is 1. The molecule has 1 aliphatic carbocycles. The molecule has 4 nitrogen and oxygen atoms in total. The summed E-state index contributed by atoms with van der Waals surface area (Å²) in [6.07, 6.45) is 5.26. The Morgan fingerprint density at radius 2 is 1.84 bits per heavy atom. The number of rotatable bonds is 2. The third-order valence-electron chi connectivity index (χ3n) is 4.41. The Hall–Kier alpha value is -1.42. The highest BCUT2D eigenvalue weighted by Crippen LogP contribution is 2.49. The van der Waals surface area contributed by atoms with E-state index in [9.17, 15) is 5.11 Å². The van der Waals surface area contributed by atoms with Crippen molar-refractivity contribution >= 4 is 0 Å². The zero-order valence-corrected chi connectivity index (χ0v) is 11.2. The van der Waals surface area contributed by atoms with Gasteiger partial charge in [-0.3, -0.25) is 0 Å². The second-order valence-corrected chi connectivity index (χ2v) is 5.53. The maximum atomic E-state index is 10.6. The van der Waals surface area contributed by atoms with Gasteiger partial charge in [-0.05, 0) is 18.9 Å². The molecule has 0 saturated heterocycles. The molecule has 0 aromatic heterocycles. The van der Waals surface area contributed by atoms with Gasteiger partial charge in [0.05, 0.1) is 13.2 Å². The molecule has 3 rings (SSSR count). The highest BCUT2D eigenvalue weighted by atomic mass is 16.5. The van der Waals surface area contributed by atoms with E-state index in [1.807, 2.05) is 12.1 Å². The van der Waals surface area contributed by atoms with Crippen LogP contribution in [-0.2, 0) is 5.41 Å². The molecule has 104 valence electrons. The highest BCUT2D eigenvalue weighted by molar-refractivity contribution is 5.57. The predicted octanol–water partition coefficient (Wildman–Crippen LogP) is 2.32. The lowest BCUT2D eigenvalue weighted by Crippen LogP contribution is -2.32. The SMILES string of the molecule is NCC1(c2ccc3c(c2O)OCCCO3)CCCC1. The van der Waals surface area contributed by atoms with Crippen LogP contribution in [0.1, 0.15) is 37.7 Å². The smallest absolute Gasteiger partial charge is 0.203 e. The number of nitrogens with two attached hydrogens (primary N) is 1. The first kappa shape index (κ1) is 12.6. The van der Waals surface area contributed by atoms with Gasteiger partial charge >= 0.3 is 0 Å². The number of ether oxygens (including phenoxy) is 2. The van der Waals surface area contributed by atoms with Gasteiger partial charge in [0.15, 0.2) is 11.5 Å². The van der Waals surface area contributed by atoms with Crippen LogP contribution in [0.25, 0.3) is 0 Å². The van der Waals surface area contributed by atoms with E-state index in [0.717, 1.165) is 24.8 Å². The van der Waals surface area contributed by atoms with Crippen molar-refractivity contribution in [3.63, 3.8) is 0 Å². The topological polar surface area (TPSA) is 64.7 Å². The van der Waals surface area contributed by atoms with Crippen LogP contribution in [0.15, 0.2) is 12.1 Å². The average molecular weight is 263 g/mol. The van der Waals surface area contributed by atoms with Gasteiger partial charge in [-0.25, -0.2) is 0 Å². The van der Waals surface area contributed by atoms with Crippen molar-refractivity contribution in [2.45, 2.75) is 37.5 Å². The van der Waals surface area contributed by atoms with Crippen LogP contribution < -0.4 is 15.2 Å². The van der Waals surface area contributed by atoms with Crippen molar-refractivity contribution in [3.05, 3.63) is 17.7 Å². The van der Waals surface area contributed by atoms with Gasteiger partial charge in [-0.2, -0.15) is 0 Å². The average Bonchev–Trinajstić information content (AvgIpc) is 2.78. The van der Waals surface area contributed by atoms with Gasteiger partial charge < -0.3 is 20.3 Å². The quantitative estimate of drug-likeness (QED) is 0.859. The second kappa shape index (κ2) is 4.93. The second-order valence-electron chi connectivity index (χ2n) is 5.53. The zero-order valence-electron chi connectivity index (χ0n) is 11.2. The van der Waals surface area contributed by atoms with E-state index in [2.05, 4.69) is 0 Å². The fraction of sp³-hybridized carbons (Fsp3) is 0.600. The molecule has 1 saturated carbocycles. The molecule has 0 spiro atoms. The molecule has 1 heterocycles. The molecule has 1 aliphatic heterocycles. The summed E-state index contributed by atoms with van der Waals surface area (Å²) in [4.78, 5) is 0. The molecule has 1 fully saturated rings. The third-order valence-corrected chi connectivity index (χ3v) is 4.41. The van der Waals surface area contributed by atoms with Crippen LogP contribution in [-0.4, -0.2) is 24.9 Å². The first-order valence-electron chi connectivity index (χ1n) is 7.09. The highest BCUT2D eigenvalue weighted by Gasteiger charge is 2.38. The van der Waals surface area contributed by atoms with Gasteiger partial charge in [-0.15, -0.1) is 0 Å². The fourth-order valence-electron chi connectivity index (χ4n) is 3.28. The van der Waals surface area contributed by atoms with Crippen molar-refractivity contribution in [2.75, 3.05) is 19.8 Å². The molecule has 0 unspecified atom stereocenters. The maximum absolute atomic E-state index is 10.6. The number of fused-ring (bicyclic) bond motifs is 1. The Kier molecular flexibility index (Phi) is 3.27. The third kappa shape index (κ3) is 2.04. The summed E-state index contributed by atoms with van der Waals surface area (Å²) in [5.74, 6) is 1.37. The summed E-state index contributed by atoms with van der Waals surface area (Å²) in [5.41, 5.74) is 6.83.